The Morgan fingerprint density at radius 2 is 2.10 bits per heavy atom. The van der Waals surface area contributed by atoms with Gasteiger partial charge in [-0.2, -0.15) is 0 Å². The minimum atomic E-state index is 0.513. The summed E-state index contributed by atoms with van der Waals surface area (Å²) in [5.74, 6) is 1.61. The van der Waals surface area contributed by atoms with E-state index in [0.29, 0.717) is 6.04 Å². The Kier molecular flexibility index (Phi) is 6.20. The molecule has 3 atom stereocenters. The molecular formula is C17H25Cl2N. The van der Waals surface area contributed by atoms with Crippen LogP contribution in [0.15, 0.2) is 18.2 Å². The second-order valence-corrected chi connectivity index (χ2v) is 6.98. The number of benzene rings is 1. The Labute approximate surface area is 133 Å². The average molecular weight is 314 g/mol. The van der Waals surface area contributed by atoms with Crippen molar-refractivity contribution in [1.82, 2.24) is 5.32 Å². The van der Waals surface area contributed by atoms with Crippen LogP contribution in [0.5, 0.6) is 0 Å². The molecule has 0 saturated heterocycles. The molecule has 0 radical (unpaired) electrons. The van der Waals surface area contributed by atoms with Gasteiger partial charge in [0, 0.05) is 16.1 Å². The molecule has 3 heteroatoms. The molecule has 0 amide bonds. The minimum absolute atomic E-state index is 0.513. The standard InChI is InChI=1S/C17H25Cl2N/c1-3-20-17(13-6-4-5-12(2)9-13)11-14-10-15(18)7-8-16(14)19/h7-8,10,12-13,17,20H,3-6,9,11H2,1-2H3. The van der Waals surface area contributed by atoms with Crippen LogP contribution in [-0.2, 0) is 6.42 Å². The van der Waals surface area contributed by atoms with Crippen LogP contribution < -0.4 is 5.32 Å². The Hall–Kier alpha value is -0.240. The van der Waals surface area contributed by atoms with E-state index in [2.05, 4.69) is 19.2 Å². The molecule has 0 bridgehead atoms. The van der Waals surface area contributed by atoms with Gasteiger partial charge >= 0.3 is 0 Å². The van der Waals surface area contributed by atoms with Gasteiger partial charge in [0.25, 0.3) is 0 Å². The highest BCUT2D eigenvalue weighted by atomic mass is 35.5. The topological polar surface area (TPSA) is 12.0 Å². The smallest absolute Gasteiger partial charge is 0.0439 e. The zero-order valence-corrected chi connectivity index (χ0v) is 14.0. The quantitative estimate of drug-likeness (QED) is 0.773. The third kappa shape index (κ3) is 4.38. The fourth-order valence-electron chi connectivity index (χ4n) is 3.45. The number of rotatable bonds is 5. The van der Waals surface area contributed by atoms with Gasteiger partial charge in [-0.25, -0.2) is 0 Å². The molecule has 1 aromatic carbocycles. The molecule has 1 aromatic rings. The van der Waals surface area contributed by atoms with Crippen molar-refractivity contribution in [1.29, 1.82) is 0 Å². The summed E-state index contributed by atoms with van der Waals surface area (Å²) in [5, 5.41) is 5.28. The third-order valence-corrected chi connectivity index (χ3v) is 5.06. The lowest BCUT2D eigenvalue weighted by Gasteiger charge is -2.34. The van der Waals surface area contributed by atoms with E-state index in [1.165, 1.54) is 31.2 Å². The molecule has 1 fully saturated rings. The van der Waals surface area contributed by atoms with Crippen molar-refractivity contribution in [3.63, 3.8) is 0 Å². The van der Waals surface area contributed by atoms with Crippen molar-refractivity contribution in [2.24, 2.45) is 11.8 Å². The zero-order valence-electron chi connectivity index (χ0n) is 12.5. The van der Waals surface area contributed by atoms with Gasteiger partial charge in [-0.05, 0) is 61.4 Å². The van der Waals surface area contributed by atoms with Crippen LogP contribution in [0.3, 0.4) is 0 Å². The molecular weight excluding hydrogens is 289 g/mol. The minimum Gasteiger partial charge on any atom is -0.314 e. The van der Waals surface area contributed by atoms with Crippen LogP contribution in [0.1, 0.15) is 45.1 Å². The first-order valence-corrected chi connectivity index (χ1v) is 8.53. The lowest BCUT2D eigenvalue weighted by molar-refractivity contribution is 0.222. The summed E-state index contributed by atoms with van der Waals surface area (Å²) in [6.07, 6.45) is 6.38. The lowest BCUT2D eigenvalue weighted by atomic mass is 9.77. The lowest BCUT2D eigenvalue weighted by Crippen LogP contribution is -2.40. The van der Waals surface area contributed by atoms with Crippen molar-refractivity contribution < 1.29 is 0 Å². The normalized spacial score (nSPS) is 24.6. The molecule has 2 rings (SSSR count). The summed E-state index contributed by atoms with van der Waals surface area (Å²) in [6, 6.07) is 6.29. The summed E-state index contributed by atoms with van der Waals surface area (Å²) in [4.78, 5) is 0. The molecule has 1 aliphatic carbocycles. The number of hydrogen-bond acceptors (Lipinski definition) is 1. The van der Waals surface area contributed by atoms with E-state index in [-0.39, 0.29) is 0 Å². The van der Waals surface area contributed by atoms with Crippen molar-refractivity contribution in [2.75, 3.05) is 6.54 Å². The van der Waals surface area contributed by atoms with Crippen molar-refractivity contribution in [3.8, 4) is 0 Å². The van der Waals surface area contributed by atoms with Crippen molar-refractivity contribution in [2.45, 2.75) is 52.0 Å². The third-order valence-electron chi connectivity index (χ3n) is 4.46. The first-order valence-electron chi connectivity index (χ1n) is 7.77. The Balaban J connectivity index is 2.10. The van der Waals surface area contributed by atoms with Gasteiger partial charge < -0.3 is 5.32 Å². The van der Waals surface area contributed by atoms with E-state index in [0.717, 1.165) is 34.8 Å². The molecule has 0 aromatic heterocycles. The predicted molar refractivity (Wildman–Crippen MR) is 88.8 cm³/mol. The van der Waals surface area contributed by atoms with Gasteiger partial charge in [0.05, 0.1) is 0 Å². The monoisotopic (exact) mass is 313 g/mol. The number of hydrogen-bond donors (Lipinski definition) is 1. The number of halogens is 2. The molecule has 1 nitrogen and oxygen atoms in total. The summed E-state index contributed by atoms with van der Waals surface area (Å²) in [7, 11) is 0. The Morgan fingerprint density at radius 1 is 1.30 bits per heavy atom. The van der Waals surface area contributed by atoms with E-state index in [1.807, 2.05) is 18.2 Å². The molecule has 0 spiro atoms. The fraction of sp³-hybridized carbons (Fsp3) is 0.647. The predicted octanol–water partition coefficient (Wildman–Crippen LogP) is 5.34. The Bertz CT molecular complexity index is 433. The SMILES string of the molecule is CCNC(Cc1cc(Cl)ccc1Cl)C1CCCC(C)C1. The van der Waals surface area contributed by atoms with E-state index in [4.69, 9.17) is 23.2 Å². The van der Waals surface area contributed by atoms with E-state index < -0.39 is 0 Å². The molecule has 0 heterocycles. The van der Waals surface area contributed by atoms with Crippen LogP contribution in [0.25, 0.3) is 0 Å². The highest BCUT2D eigenvalue weighted by Crippen LogP contribution is 2.33. The maximum atomic E-state index is 6.32. The highest BCUT2D eigenvalue weighted by molar-refractivity contribution is 6.33. The van der Waals surface area contributed by atoms with Crippen LogP contribution in [0.2, 0.25) is 10.0 Å². The second kappa shape index (κ2) is 7.68. The molecule has 1 aliphatic rings. The van der Waals surface area contributed by atoms with Gasteiger partial charge in [-0.3, -0.25) is 0 Å². The van der Waals surface area contributed by atoms with Gasteiger partial charge in [-0.1, -0.05) is 49.9 Å². The van der Waals surface area contributed by atoms with E-state index in [1.54, 1.807) is 0 Å². The van der Waals surface area contributed by atoms with Crippen LogP contribution in [0.4, 0.5) is 0 Å². The van der Waals surface area contributed by atoms with Crippen LogP contribution >= 0.6 is 23.2 Å². The second-order valence-electron chi connectivity index (χ2n) is 6.14. The largest absolute Gasteiger partial charge is 0.314 e. The number of likely N-dealkylation sites (N-methyl/N-ethyl adjacent to an activating group) is 1. The van der Waals surface area contributed by atoms with Crippen molar-refractivity contribution >= 4 is 23.2 Å². The van der Waals surface area contributed by atoms with Gasteiger partial charge in [0.15, 0.2) is 0 Å². The first-order chi connectivity index (χ1) is 9.60. The van der Waals surface area contributed by atoms with Crippen LogP contribution in [0, 0.1) is 11.8 Å². The average Bonchev–Trinajstić information content (AvgIpc) is 2.42. The fourth-order valence-corrected chi connectivity index (χ4v) is 3.84. The van der Waals surface area contributed by atoms with Gasteiger partial charge in [0.1, 0.15) is 0 Å². The van der Waals surface area contributed by atoms with Gasteiger partial charge in [-0.15, -0.1) is 0 Å². The molecule has 1 saturated carbocycles. The Morgan fingerprint density at radius 3 is 2.80 bits per heavy atom. The maximum absolute atomic E-state index is 6.32. The molecule has 1 N–H and O–H groups in total. The van der Waals surface area contributed by atoms with E-state index in [9.17, 15) is 0 Å². The summed E-state index contributed by atoms with van der Waals surface area (Å²) >= 11 is 12.4. The zero-order chi connectivity index (χ0) is 14.5. The highest BCUT2D eigenvalue weighted by Gasteiger charge is 2.26. The molecule has 3 unspecified atom stereocenters. The molecule has 112 valence electrons. The first kappa shape index (κ1) is 16.1. The van der Waals surface area contributed by atoms with Gasteiger partial charge in [0.2, 0.25) is 0 Å². The maximum Gasteiger partial charge on any atom is 0.0439 e. The molecule has 20 heavy (non-hydrogen) atoms. The van der Waals surface area contributed by atoms with E-state index >= 15 is 0 Å². The molecule has 0 aliphatic heterocycles. The van der Waals surface area contributed by atoms with Crippen molar-refractivity contribution in [3.05, 3.63) is 33.8 Å². The summed E-state index contributed by atoms with van der Waals surface area (Å²) < 4.78 is 0. The van der Waals surface area contributed by atoms with Crippen LogP contribution in [-0.4, -0.2) is 12.6 Å². The summed E-state index contributed by atoms with van der Waals surface area (Å²) in [6.45, 7) is 5.56. The number of nitrogens with one attached hydrogen (secondary N) is 1. The summed E-state index contributed by atoms with van der Waals surface area (Å²) in [5.41, 5.74) is 1.17.